The summed E-state index contributed by atoms with van der Waals surface area (Å²) >= 11 is 0. The van der Waals surface area contributed by atoms with Gasteiger partial charge in [-0.2, -0.15) is 0 Å². The molecule has 0 N–H and O–H groups in total. The minimum Gasteiger partial charge on any atom is -0.481 e. The third-order valence-corrected chi connectivity index (χ3v) is 4.22. The van der Waals surface area contributed by atoms with E-state index >= 15 is 0 Å². The quantitative estimate of drug-likeness (QED) is 0.800. The molecule has 1 saturated carbocycles. The largest absolute Gasteiger partial charge is 0.481 e. The van der Waals surface area contributed by atoms with E-state index in [1.807, 2.05) is 36.1 Å². The Bertz CT molecular complexity index is 693. The molecule has 1 unspecified atom stereocenters. The maximum absolute atomic E-state index is 13.1. The van der Waals surface area contributed by atoms with Crippen LogP contribution in [-0.2, 0) is 11.3 Å². The predicted molar refractivity (Wildman–Crippen MR) is 91.2 cm³/mol. The number of carbonyl (C=O) groups is 1. The Hall–Kier alpha value is -2.36. The van der Waals surface area contributed by atoms with Gasteiger partial charge >= 0.3 is 0 Å². The molecule has 1 atom stereocenters. The second-order valence-electron chi connectivity index (χ2n) is 6.40. The van der Waals surface area contributed by atoms with Gasteiger partial charge in [-0.3, -0.25) is 4.79 Å². The van der Waals surface area contributed by atoms with Crippen molar-refractivity contribution in [1.82, 2.24) is 4.90 Å². The van der Waals surface area contributed by atoms with Gasteiger partial charge in [0.25, 0.3) is 5.91 Å². The van der Waals surface area contributed by atoms with E-state index in [1.54, 1.807) is 19.1 Å². The molecule has 1 fully saturated rings. The maximum atomic E-state index is 13.1. The van der Waals surface area contributed by atoms with Gasteiger partial charge < -0.3 is 9.64 Å². The van der Waals surface area contributed by atoms with Crippen molar-refractivity contribution in [3.63, 3.8) is 0 Å². The first-order chi connectivity index (χ1) is 11.5. The number of nitrogens with zero attached hydrogens (tertiary/aromatic N) is 1. The number of benzene rings is 2. The van der Waals surface area contributed by atoms with Gasteiger partial charge in [0.15, 0.2) is 6.10 Å². The molecule has 1 amide bonds. The molecule has 3 rings (SSSR count). The topological polar surface area (TPSA) is 29.5 Å². The number of aryl methyl sites for hydroxylation is 1. The lowest BCUT2D eigenvalue weighted by Gasteiger charge is -2.26. The molecule has 2 aromatic rings. The average molecular weight is 327 g/mol. The summed E-state index contributed by atoms with van der Waals surface area (Å²) in [4.78, 5) is 14.6. The number of ether oxygens (including phenoxy) is 1. The van der Waals surface area contributed by atoms with E-state index < -0.39 is 6.10 Å². The lowest BCUT2D eigenvalue weighted by atomic mass is 10.2. The smallest absolute Gasteiger partial charge is 0.263 e. The highest BCUT2D eigenvalue weighted by Gasteiger charge is 2.35. The van der Waals surface area contributed by atoms with Crippen LogP contribution in [0, 0.1) is 12.7 Å². The second kappa shape index (κ2) is 7.04. The molecule has 3 nitrogen and oxygen atoms in total. The van der Waals surface area contributed by atoms with Crippen molar-refractivity contribution >= 4 is 5.91 Å². The number of rotatable bonds is 6. The molecule has 0 aromatic heterocycles. The molecular weight excluding hydrogens is 305 g/mol. The Morgan fingerprint density at radius 2 is 1.79 bits per heavy atom. The lowest BCUT2D eigenvalue weighted by Crippen LogP contribution is -2.41. The molecule has 1 aliphatic carbocycles. The Morgan fingerprint density at radius 1 is 1.17 bits per heavy atom. The van der Waals surface area contributed by atoms with Crippen LogP contribution in [0.1, 0.15) is 30.9 Å². The molecule has 0 spiro atoms. The van der Waals surface area contributed by atoms with Crippen LogP contribution in [0.5, 0.6) is 5.75 Å². The monoisotopic (exact) mass is 327 g/mol. The summed E-state index contributed by atoms with van der Waals surface area (Å²) in [5.41, 5.74) is 2.08. The molecule has 0 bridgehead atoms. The second-order valence-corrected chi connectivity index (χ2v) is 6.40. The van der Waals surface area contributed by atoms with Gasteiger partial charge in [0.2, 0.25) is 0 Å². The minimum atomic E-state index is -0.547. The molecule has 0 radical (unpaired) electrons. The number of hydrogen-bond donors (Lipinski definition) is 0. The number of amides is 1. The minimum absolute atomic E-state index is 0.0256. The molecule has 126 valence electrons. The van der Waals surface area contributed by atoms with E-state index in [4.69, 9.17) is 4.74 Å². The Labute approximate surface area is 142 Å². The standard InChI is InChI=1S/C20H22FNO2/c1-14-3-11-19(12-4-14)24-15(2)20(23)22(18-9-10-18)13-16-5-7-17(21)8-6-16/h3-8,11-12,15,18H,9-10,13H2,1-2H3. The third kappa shape index (κ3) is 4.13. The van der Waals surface area contributed by atoms with Gasteiger partial charge in [-0.05, 0) is 56.5 Å². The zero-order chi connectivity index (χ0) is 17.1. The molecule has 4 heteroatoms. The van der Waals surface area contributed by atoms with Crippen molar-refractivity contribution < 1.29 is 13.9 Å². The summed E-state index contributed by atoms with van der Waals surface area (Å²) in [6.07, 6.45) is 1.49. The normalized spacial score (nSPS) is 15.0. The van der Waals surface area contributed by atoms with E-state index in [0.717, 1.165) is 24.0 Å². The van der Waals surface area contributed by atoms with E-state index in [-0.39, 0.29) is 17.8 Å². The summed E-state index contributed by atoms with van der Waals surface area (Å²) in [6, 6.07) is 14.3. The number of hydrogen-bond acceptors (Lipinski definition) is 2. The van der Waals surface area contributed by atoms with Gasteiger partial charge in [-0.15, -0.1) is 0 Å². The van der Waals surface area contributed by atoms with Crippen molar-refractivity contribution in [3.8, 4) is 5.75 Å². The fraction of sp³-hybridized carbons (Fsp3) is 0.350. The summed E-state index contributed by atoms with van der Waals surface area (Å²) in [6.45, 7) is 4.28. The molecule has 0 saturated heterocycles. The lowest BCUT2D eigenvalue weighted by molar-refractivity contribution is -0.139. The van der Waals surface area contributed by atoms with Crippen LogP contribution in [0.3, 0.4) is 0 Å². The molecule has 1 aliphatic rings. The zero-order valence-corrected chi connectivity index (χ0v) is 14.0. The fourth-order valence-electron chi connectivity index (χ4n) is 2.66. The number of carbonyl (C=O) groups excluding carboxylic acids is 1. The fourth-order valence-corrected chi connectivity index (χ4v) is 2.66. The van der Waals surface area contributed by atoms with Crippen molar-refractivity contribution in [2.45, 2.75) is 45.4 Å². The van der Waals surface area contributed by atoms with Gasteiger partial charge in [0.1, 0.15) is 11.6 Å². The Balaban J connectivity index is 1.67. The third-order valence-electron chi connectivity index (χ3n) is 4.22. The van der Waals surface area contributed by atoms with E-state index in [9.17, 15) is 9.18 Å². The van der Waals surface area contributed by atoms with E-state index in [1.165, 1.54) is 12.1 Å². The van der Waals surface area contributed by atoms with Gasteiger partial charge in [0, 0.05) is 12.6 Å². The van der Waals surface area contributed by atoms with Gasteiger partial charge in [0.05, 0.1) is 0 Å². The molecule has 0 aliphatic heterocycles. The zero-order valence-electron chi connectivity index (χ0n) is 14.0. The first-order valence-corrected chi connectivity index (χ1v) is 8.31. The van der Waals surface area contributed by atoms with Crippen LogP contribution < -0.4 is 4.74 Å². The van der Waals surface area contributed by atoms with Crippen LogP contribution in [0.25, 0.3) is 0 Å². The summed E-state index contributed by atoms with van der Waals surface area (Å²) < 4.78 is 18.8. The first kappa shape index (κ1) is 16.5. The van der Waals surface area contributed by atoms with Crippen LogP contribution in [0.2, 0.25) is 0 Å². The molecule has 24 heavy (non-hydrogen) atoms. The summed E-state index contributed by atoms with van der Waals surface area (Å²) in [5, 5.41) is 0. The Kier molecular flexibility index (Phi) is 4.84. The molecule has 0 heterocycles. The SMILES string of the molecule is Cc1ccc(OC(C)C(=O)N(Cc2ccc(F)cc2)C2CC2)cc1. The van der Waals surface area contributed by atoms with Gasteiger partial charge in [-0.1, -0.05) is 29.8 Å². The van der Waals surface area contributed by atoms with Crippen molar-refractivity contribution in [3.05, 3.63) is 65.5 Å². The highest BCUT2D eigenvalue weighted by Crippen LogP contribution is 2.29. The van der Waals surface area contributed by atoms with Crippen LogP contribution in [0.4, 0.5) is 4.39 Å². The van der Waals surface area contributed by atoms with Crippen LogP contribution in [-0.4, -0.2) is 23.0 Å². The highest BCUT2D eigenvalue weighted by molar-refractivity contribution is 5.81. The molecular formula is C20H22FNO2. The highest BCUT2D eigenvalue weighted by atomic mass is 19.1. The van der Waals surface area contributed by atoms with E-state index in [2.05, 4.69) is 0 Å². The maximum Gasteiger partial charge on any atom is 0.263 e. The van der Waals surface area contributed by atoms with E-state index in [0.29, 0.717) is 12.3 Å². The first-order valence-electron chi connectivity index (χ1n) is 8.31. The van der Waals surface area contributed by atoms with Crippen molar-refractivity contribution in [2.24, 2.45) is 0 Å². The van der Waals surface area contributed by atoms with Gasteiger partial charge in [-0.25, -0.2) is 4.39 Å². The predicted octanol–water partition coefficient (Wildman–Crippen LogP) is 4.09. The van der Waals surface area contributed by atoms with Crippen molar-refractivity contribution in [2.75, 3.05) is 0 Å². The summed E-state index contributed by atoms with van der Waals surface area (Å²) in [7, 11) is 0. The van der Waals surface area contributed by atoms with Crippen LogP contribution in [0.15, 0.2) is 48.5 Å². The van der Waals surface area contributed by atoms with Crippen molar-refractivity contribution in [1.29, 1.82) is 0 Å². The molecule has 2 aromatic carbocycles. The Morgan fingerprint density at radius 3 is 2.38 bits per heavy atom. The number of halogens is 1. The van der Waals surface area contributed by atoms with Crippen LogP contribution >= 0.6 is 0 Å². The average Bonchev–Trinajstić information content (AvgIpc) is 3.40. The summed E-state index contributed by atoms with van der Waals surface area (Å²) in [5.74, 6) is 0.403.